The summed E-state index contributed by atoms with van der Waals surface area (Å²) in [5.74, 6) is 0.664. The largest absolute Gasteiger partial charge is 0.569 e. The summed E-state index contributed by atoms with van der Waals surface area (Å²) in [5, 5.41) is 32.8. The first kappa shape index (κ1) is 65.9. The molecule has 0 bridgehead atoms. The van der Waals surface area contributed by atoms with E-state index in [0.29, 0.717) is 5.75 Å². The average Bonchev–Trinajstić information content (AvgIpc) is 1.34. The van der Waals surface area contributed by atoms with Crippen LogP contribution >= 0.6 is 15.9 Å². The molecule has 2 aromatic heterocycles. The van der Waals surface area contributed by atoms with Gasteiger partial charge < -0.3 is 18.5 Å². The van der Waals surface area contributed by atoms with Crippen molar-refractivity contribution in [2.24, 2.45) is 0 Å². The van der Waals surface area contributed by atoms with Crippen molar-refractivity contribution in [3.8, 4) is 83.6 Å². The van der Waals surface area contributed by atoms with E-state index in [1.165, 1.54) is 126 Å². The molecule has 0 aliphatic heterocycles. The Bertz CT molecular complexity index is 7290. The van der Waals surface area contributed by atoms with Crippen molar-refractivity contribution >= 4 is 154 Å². The molecule has 0 aliphatic rings. The molecule has 0 saturated carbocycles. The second-order valence-corrected chi connectivity index (χ2v) is 29.0. The third-order valence-corrected chi connectivity index (χ3v) is 22.3. The van der Waals surface area contributed by atoms with Crippen LogP contribution in [0.1, 0.15) is 0 Å². The fourth-order valence-electron chi connectivity index (χ4n) is 17.0. The van der Waals surface area contributed by atoms with Crippen LogP contribution in [0.2, 0.25) is 0 Å². The SMILES string of the molecule is Brc1cccc(-c2cc3c4ccccc4oc3c3ccccc23)c1.O[B]Oc1c2ccccc2c(-c2cccc(-c3cccc4ccccc34)c2)c2ccccc12.c1cc(-c2cccc3ccccc23)cc(-c2c3ccccc3c(-c3cccc(-c4cc5c6ccccc6oc5c5ccccc45)c3)c3ccccc23)c1. The van der Waals surface area contributed by atoms with E-state index in [1.54, 1.807) is 0 Å². The van der Waals surface area contributed by atoms with Gasteiger partial charge in [-0.15, -0.1) is 0 Å². The molecule has 1 N–H and O–H groups in total. The highest BCUT2D eigenvalue weighted by Gasteiger charge is 2.23. The first-order chi connectivity index (χ1) is 54.5. The van der Waals surface area contributed by atoms with Crippen LogP contribution in [0.5, 0.6) is 5.75 Å². The van der Waals surface area contributed by atoms with Gasteiger partial charge in [0.25, 0.3) is 0 Å². The molecule has 22 rings (SSSR count). The molecule has 0 aliphatic carbocycles. The van der Waals surface area contributed by atoms with Crippen LogP contribution in [-0.2, 0) is 0 Å². The Balaban J connectivity index is 0.000000118. The van der Waals surface area contributed by atoms with Crippen molar-refractivity contribution in [1.82, 2.24) is 0 Å². The van der Waals surface area contributed by atoms with Gasteiger partial charge >= 0.3 is 7.69 Å². The molecule has 0 fully saturated rings. The summed E-state index contributed by atoms with van der Waals surface area (Å²) in [4.78, 5) is 0. The second-order valence-electron chi connectivity index (χ2n) is 28.1. The maximum atomic E-state index is 9.43. The summed E-state index contributed by atoms with van der Waals surface area (Å²) in [6, 6.07) is 138. The van der Waals surface area contributed by atoms with Gasteiger partial charge in [0.15, 0.2) is 0 Å². The third-order valence-electron chi connectivity index (χ3n) is 21.9. The van der Waals surface area contributed by atoms with E-state index >= 15 is 0 Å². The van der Waals surface area contributed by atoms with E-state index < -0.39 is 0 Å². The van der Waals surface area contributed by atoms with Crippen molar-refractivity contribution in [3.05, 3.63) is 393 Å². The molecule has 6 heteroatoms. The van der Waals surface area contributed by atoms with Gasteiger partial charge in [-0.05, 0) is 197 Å². The van der Waals surface area contributed by atoms with E-state index in [0.717, 1.165) is 94.1 Å². The normalized spacial score (nSPS) is 11.5. The molecule has 0 atom stereocenters. The van der Waals surface area contributed by atoms with E-state index in [4.69, 9.17) is 13.5 Å². The van der Waals surface area contributed by atoms with E-state index in [2.05, 4.69) is 350 Å². The zero-order valence-corrected chi connectivity index (χ0v) is 61.2. The molecular formula is C104H65BBrO4. The Morgan fingerprint density at radius 3 is 0.891 bits per heavy atom. The fraction of sp³-hybridized carbons (Fsp3) is 0. The summed E-state index contributed by atoms with van der Waals surface area (Å²) in [5.41, 5.74) is 20.7. The molecule has 0 amide bonds. The molecule has 0 spiro atoms. The van der Waals surface area contributed by atoms with Crippen LogP contribution in [0.4, 0.5) is 0 Å². The number of hydrogen-bond acceptors (Lipinski definition) is 4. The van der Waals surface area contributed by atoms with Crippen molar-refractivity contribution < 1.29 is 18.5 Å². The molecule has 0 saturated heterocycles. The predicted octanol–water partition coefficient (Wildman–Crippen LogP) is 29.4. The lowest BCUT2D eigenvalue weighted by Gasteiger charge is -2.19. The highest BCUT2D eigenvalue weighted by Crippen LogP contribution is 2.49. The average molecular weight is 1470 g/mol. The first-order valence-electron chi connectivity index (χ1n) is 37.2. The molecular weight excluding hydrogens is 1400 g/mol. The Morgan fingerprint density at radius 2 is 0.500 bits per heavy atom. The van der Waals surface area contributed by atoms with Crippen LogP contribution < -0.4 is 4.65 Å². The summed E-state index contributed by atoms with van der Waals surface area (Å²) < 4.78 is 19.3. The van der Waals surface area contributed by atoms with Crippen LogP contribution in [0, 0.1) is 0 Å². The topological polar surface area (TPSA) is 55.7 Å². The van der Waals surface area contributed by atoms with Crippen LogP contribution in [-0.4, -0.2) is 12.7 Å². The number of benzene rings is 20. The lowest BCUT2D eigenvalue weighted by molar-refractivity contribution is 0.459. The molecule has 20 aromatic carbocycles. The highest BCUT2D eigenvalue weighted by molar-refractivity contribution is 9.10. The van der Waals surface area contributed by atoms with Gasteiger partial charge in [-0.25, -0.2) is 0 Å². The van der Waals surface area contributed by atoms with Crippen molar-refractivity contribution in [1.29, 1.82) is 0 Å². The van der Waals surface area contributed by atoms with Gasteiger partial charge in [0, 0.05) is 47.6 Å². The standard InChI is InChI=1S/C52H32O.C30H20BO2.C22H13BrO/c1-2-20-38-33(14-1)15-13-28-39(38)34-16-11-18-36(30-34)50-42-23-4-6-25-44(42)51(45-26-7-5-24-43(45)50)37-19-12-17-35(31-37)47-32-48-41-22-9-10-29-49(41)53-52(48)46-27-8-3-21-40(46)47;32-31-33-30-27-16-5-3-14-25(27)29(26-15-4-6-17-28(26)30)22-12-7-11-21(19-22)24-18-8-10-20-9-1-2-13-23(20)24;23-15-7-5-6-14(12-15)19-13-20-17-9-3-4-11-21(17)24-22(20)18-10-2-1-8-16(18)19/h1-32H;1-19,32H;1-13H. The van der Waals surface area contributed by atoms with Gasteiger partial charge in [-0.2, -0.15) is 0 Å². The Hall–Kier alpha value is -13.6. The van der Waals surface area contributed by atoms with Crippen molar-refractivity contribution in [2.75, 3.05) is 0 Å². The molecule has 2 heterocycles. The molecule has 4 nitrogen and oxygen atoms in total. The molecule has 22 aromatic rings. The Kier molecular flexibility index (Phi) is 16.7. The van der Waals surface area contributed by atoms with Gasteiger partial charge in [-0.3, -0.25) is 0 Å². The molecule has 1 radical (unpaired) electrons. The Morgan fingerprint density at radius 1 is 0.218 bits per heavy atom. The summed E-state index contributed by atoms with van der Waals surface area (Å²) >= 11 is 3.59. The minimum atomic E-state index is 0.664. The molecule has 110 heavy (non-hydrogen) atoms. The smallest absolute Gasteiger partial charge is 0.537 e. The number of para-hydroxylation sites is 2. The summed E-state index contributed by atoms with van der Waals surface area (Å²) in [6.07, 6.45) is 0. The van der Waals surface area contributed by atoms with Gasteiger partial charge in [0.2, 0.25) is 0 Å². The number of fused-ring (bicyclic) bond motifs is 16. The number of furan rings is 2. The summed E-state index contributed by atoms with van der Waals surface area (Å²) in [7, 11) is 0.759. The predicted molar refractivity (Wildman–Crippen MR) is 468 cm³/mol. The number of halogens is 1. The highest BCUT2D eigenvalue weighted by atomic mass is 79.9. The van der Waals surface area contributed by atoms with Crippen LogP contribution in [0.15, 0.2) is 402 Å². The number of rotatable bonds is 9. The lowest BCUT2D eigenvalue weighted by Crippen LogP contribution is -2.02. The van der Waals surface area contributed by atoms with Crippen molar-refractivity contribution in [3.63, 3.8) is 0 Å². The lowest BCUT2D eigenvalue weighted by atomic mass is 9.84. The van der Waals surface area contributed by atoms with Crippen molar-refractivity contribution in [2.45, 2.75) is 0 Å². The molecule has 515 valence electrons. The van der Waals surface area contributed by atoms with Gasteiger partial charge in [0.1, 0.15) is 28.1 Å². The minimum absolute atomic E-state index is 0.664. The van der Waals surface area contributed by atoms with Crippen LogP contribution in [0.25, 0.3) is 208 Å². The monoisotopic (exact) mass is 1470 g/mol. The maximum Gasteiger partial charge on any atom is 0.569 e. The first-order valence-corrected chi connectivity index (χ1v) is 37.9. The quantitative estimate of drug-likeness (QED) is 0.116. The van der Waals surface area contributed by atoms with Gasteiger partial charge in [0.05, 0.1) is 0 Å². The number of hydrogen-bond donors (Lipinski definition) is 1. The zero-order chi connectivity index (χ0) is 73.2. The minimum Gasteiger partial charge on any atom is -0.537 e. The van der Waals surface area contributed by atoms with E-state index in [-0.39, 0.29) is 0 Å². The van der Waals surface area contributed by atoms with E-state index in [9.17, 15) is 5.02 Å². The summed E-state index contributed by atoms with van der Waals surface area (Å²) in [6.45, 7) is 0. The van der Waals surface area contributed by atoms with E-state index in [1.807, 2.05) is 54.6 Å². The Labute approximate surface area is 644 Å². The zero-order valence-electron chi connectivity index (χ0n) is 59.6. The van der Waals surface area contributed by atoms with Crippen LogP contribution in [0.3, 0.4) is 0 Å². The maximum absolute atomic E-state index is 9.43. The van der Waals surface area contributed by atoms with Gasteiger partial charge in [-0.1, -0.05) is 350 Å². The third kappa shape index (κ3) is 11.5. The fourth-order valence-corrected chi connectivity index (χ4v) is 17.4. The molecule has 0 unspecified atom stereocenters. The second kappa shape index (κ2) is 27.9.